The lowest BCUT2D eigenvalue weighted by atomic mass is 10.0. The monoisotopic (exact) mass is 635 g/mol. The number of likely N-dealkylation sites (tertiary alicyclic amines) is 1. The molecule has 4 aliphatic heterocycles. The standard InChI is InChI=1S/C27H34FN7O8S/c28-15-2-1-3-18(6-15)44(41,42)35-5-4-33-13-20(35)26(39)30-10-22-25(38)24(37)21(43-22)8-23(36)32-16-7-19(27(33)40)34(11-16)12-17-9-29-14-31-17/h1-3,6,9,14,16,19-22,24-25,37-38H,4-5,7-8,10-13H2,(H,29,31)(H,30,39)(H,32,36)/t16-,19-,20-,21-,22+,24-,25+/m0/s1. The highest BCUT2D eigenvalue weighted by molar-refractivity contribution is 7.89. The van der Waals surface area contributed by atoms with E-state index in [9.17, 15) is 37.4 Å². The van der Waals surface area contributed by atoms with Gasteiger partial charge in [0.25, 0.3) is 0 Å². The second-order valence-electron chi connectivity index (χ2n) is 11.5. The molecule has 0 saturated carbocycles. The predicted octanol–water partition coefficient (Wildman–Crippen LogP) is -2.48. The molecule has 0 aliphatic carbocycles. The Balaban J connectivity index is 1.32. The number of piperazine rings is 1. The van der Waals surface area contributed by atoms with Crippen molar-refractivity contribution in [2.45, 2.75) is 66.8 Å². The molecule has 15 nitrogen and oxygen atoms in total. The van der Waals surface area contributed by atoms with Gasteiger partial charge in [-0.05, 0) is 24.6 Å². The number of sulfonamides is 1. The molecule has 5 heterocycles. The average molecular weight is 636 g/mol. The highest BCUT2D eigenvalue weighted by Crippen LogP contribution is 2.28. The number of aliphatic hydroxyl groups excluding tert-OH is 2. The number of carbonyl (C=O) groups is 3. The van der Waals surface area contributed by atoms with Crippen molar-refractivity contribution in [1.29, 1.82) is 0 Å². The Labute approximate surface area is 252 Å². The zero-order chi connectivity index (χ0) is 31.2. The molecule has 5 N–H and O–H groups in total. The first-order valence-corrected chi connectivity index (χ1v) is 15.8. The van der Waals surface area contributed by atoms with E-state index >= 15 is 0 Å². The van der Waals surface area contributed by atoms with Gasteiger partial charge < -0.3 is 35.5 Å². The van der Waals surface area contributed by atoms with Gasteiger partial charge in [-0.1, -0.05) is 6.07 Å². The average Bonchev–Trinajstić information content (AvgIpc) is 3.72. The lowest BCUT2D eigenvalue weighted by Gasteiger charge is -2.41. The Bertz CT molecular complexity index is 1510. The van der Waals surface area contributed by atoms with Crippen molar-refractivity contribution >= 4 is 27.7 Å². The van der Waals surface area contributed by atoms with Crippen LogP contribution in [0.4, 0.5) is 4.39 Å². The number of ether oxygens (including phenoxy) is 1. The number of amides is 3. The van der Waals surface area contributed by atoms with Crippen LogP contribution in [0, 0.1) is 5.82 Å². The number of benzene rings is 1. The van der Waals surface area contributed by atoms with Gasteiger partial charge >= 0.3 is 0 Å². The largest absolute Gasteiger partial charge is 0.388 e. The molecule has 6 rings (SSSR count). The first-order chi connectivity index (χ1) is 21.0. The topological polar surface area (TPSA) is 197 Å². The minimum absolute atomic E-state index is 0.0269. The summed E-state index contributed by atoms with van der Waals surface area (Å²) >= 11 is 0. The number of nitrogens with one attached hydrogen (secondary N) is 3. The fraction of sp³-hybridized carbons (Fsp3) is 0.556. The molecule has 0 radical (unpaired) electrons. The first-order valence-electron chi connectivity index (χ1n) is 14.4. The van der Waals surface area contributed by atoms with Gasteiger partial charge in [0.2, 0.25) is 27.7 Å². The van der Waals surface area contributed by atoms with Crippen LogP contribution in [0.1, 0.15) is 18.5 Å². The van der Waals surface area contributed by atoms with E-state index in [1.54, 1.807) is 6.20 Å². The molecule has 2 aromatic rings. The van der Waals surface area contributed by atoms with Crippen molar-refractivity contribution in [3.63, 3.8) is 0 Å². The number of H-pyrrole nitrogens is 1. The van der Waals surface area contributed by atoms with Crippen LogP contribution >= 0.6 is 0 Å². The molecule has 17 heteroatoms. The first kappa shape index (κ1) is 30.5. The zero-order valence-electron chi connectivity index (χ0n) is 23.6. The van der Waals surface area contributed by atoms with Crippen LogP contribution in [0.3, 0.4) is 0 Å². The van der Waals surface area contributed by atoms with Gasteiger partial charge in [-0.15, -0.1) is 0 Å². The SMILES string of the molecule is O=C1C[C@@H]2O[C@H](CNC(=O)[C@@H]3CN(CCN3S(=O)(=O)c3cccc(F)c3)C(=O)[C@@H]3C[C@@H](CN3Cc3cnc[nH]3)N1)[C@@H](O)[C@H]2O. The van der Waals surface area contributed by atoms with Crippen LogP contribution in [0.2, 0.25) is 0 Å². The number of aliphatic hydroxyl groups is 2. The second kappa shape index (κ2) is 12.1. The number of fused-ring (bicyclic) bond motifs is 6. The minimum Gasteiger partial charge on any atom is -0.388 e. The molecule has 3 amide bonds. The van der Waals surface area contributed by atoms with Crippen molar-refractivity contribution in [2.75, 3.05) is 32.7 Å². The van der Waals surface area contributed by atoms with Crippen molar-refractivity contribution in [1.82, 2.24) is 34.7 Å². The number of halogens is 1. The zero-order valence-corrected chi connectivity index (χ0v) is 24.4. The molecule has 44 heavy (non-hydrogen) atoms. The van der Waals surface area contributed by atoms with Crippen LogP contribution < -0.4 is 10.6 Å². The maximum atomic E-state index is 14.0. The van der Waals surface area contributed by atoms with Crippen molar-refractivity contribution in [2.24, 2.45) is 0 Å². The number of aromatic amines is 1. The Hall–Kier alpha value is -3.48. The lowest BCUT2D eigenvalue weighted by Crippen LogP contribution is -2.63. The van der Waals surface area contributed by atoms with E-state index in [0.717, 1.165) is 22.1 Å². The highest BCUT2D eigenvalue weighted by Gasteiger charge is 2.48. The van der Waals surface area contributed by atoms with E-state index in [1.807, 2.05) is 4.90 Å². The van der Waals surface area contributed by atoms with E-state index in [2.05, 4.69) is 20.6 Å². The number of carbonyl (C=O) groups excluding carboxylic acids is 3. The summed E-state index contributed by atoms with van der Waals surface area (Å²) in [6, 6.07) is 1.94. The van der Waals surface area contributed by atoms with Gasteiger partial charge in [-0.25, -0.2) is 17.8 Å². The Morgan fingerprint density at radius 2 is 1.86 bits per heavy atom. The summed E-state index contributed by atoms with van der Waals surface area (Å²) in [5.74, 6) is -2.28. The molecule has 4 fully saturated rings. The van der Waals surface area contributed by atoms with Gasteiger partial charge in [0.15, 0.2) is 0 Å². The molecule has 1 aromatic carbocycles. The van der Waals surface area contributed by atoms with Gasteiger partial charge in [-0.2, -0.15) is 4.31 Å². The quantitative estimate of drug-likeness (QED) is 0.240. The van der Waals surface area contributed by atoms with Crippen molar-refractivity contribution < 1.29 is 42.1 Å². The van der Waals surface area contributed by atoms with E-state index in [1.165, 1.54) is 23.4 Å². The third-order valence-electron chi connectivity index (χ3n) is 8.66. The molecule has 1 aromatic heterocycles. The van der Waals surface area contributed by atoms with E-state index < -0.39 is 70.2 Å². The maximum Gasteiger partial charge on any atom is 0.244 e. The molecule has 4 aliphatic rings. The second-order valence-corrected chi connectivity index (χ2v) is 13.4. The van der Waals surface area contributed by atoms with Crippen molar-refractivity contribution in [3.05, 3.63) is 48.3 Å². The fourth-order valence-corrected chi connectivity index (χ4v) is 8.02. The number of imidazole rings is 1. The number of hydrogen-bond donors (Lipinski definition) is 5. The van der Waals surface area contributed by atoms with E-state index in [0.29, 0.717) is 13.1 Å². The molecule has 6 bridgehead atoms. The van der Waals surface area contributed by atoms with Gasteiger partial charge in [0.05, 0.1) is 29.8 Å². The Morgan fingerprint density at radius 3 is 2.61 bits per heavy atom. The third kappa shape index (κ3) is 5.94. The Morgan fingerprint density at radius 1 is 1.07 bits per heavy atom. The summed E-state index contributed by atoms with van der Waals surface area (Å²) in [5, 5.41) is 26.6. The summed E-state index contributed by atoms with van der Waals surface area (Å²) in [6.45, 7) is -0.210. The van der Waals surface area contributed by atoms with Crippen LogP contribution in [0.25, 0.3) is 0 Å². The Kier molecular flexibility index (Phi) is 8.42. The van der Waals surface area contributed by atoms with Gasteiger partial charge in [0.1, 0.15) is 30.2 Å². The fourth-order valence-electron chi connectivity index (χ4n) is 6.42. The summed E-state index contributed by atoms with van der Waals surface area (Å²) in [4.78, 5) is 50.6. The van der Waals surface area contributed by atoms with Crippen LogP contribution in [-0.4, -0.2) is 136 Å². The molecule has 238 valence electrons. The maximum absolute atomic E-state index is 14.0. The number of hydrogen-bond acceptors (Lipinski definition) is 10. The molecule has 0 unspecified atom stereocenters. The van der Waals surface area contributed by atoms with Crippen molar-refractivity contribution in [3.8, 4) is 0 Å². The number of aromatic nitrogens is 2. The normalized spacial score (nSPS) is 32.5. The molecule has 4 saturated heterocycles. The van der Waals surface area contributed by atoms with E-state index in [4.69, 9.17) is 4.74 Å². The highest BCUT2D eigenvalue weighted by atomic mass is 32.2. The van der Waals surface area contributed by atoms with Crippen LogP contribution in [0.5, 0.6) is 0 Å². The minimum atomic E-state index is -4.36. The number of nitrogens with zero attached hydrogens (tertiary/aromatic N) is 4. The van der Waals surface area contributed by atoms with Crippen LogP contribution in [-0.2, 0) is 35.7 Å². The third-order valence-corrected chi connectivity index (χ3v) is 10.6. The summed E-state index contributed by atoms with van der Waals surface area (Å²) in [7, 11) is -4.36. The summed E-state index contributed by atoms with van der Waals surface area (Å²) in [5.41, 5.74) is 0.742. The molecular weight excluding hydrogens is 601 g/mol. The molecule has 0 spiro atoms. The van der Waals surface area contributed by atoms with E-state index in [-0.39, 0.29) is 49.8 Å². The van der Waals surface area contributed by atoms with Crippen LogP contribution in [0.15, 0.2) is 41.7 Å². The van der Waals surface area contributed by atoms with Gasteiger partial charge in [0, 0.05) is 57.2 Å². The summed E-state index contributed by atoms with van der Waals surface area (Å²) < 4.78 is 48.0. The lowest BCUT2D eigenvalue weighted by molar-refractivity contribution is -0.140. The smallest absolute Gasteiger partial charge is 0.244 e. The molecular formula is C27H34FN7O8S. The molecule has 7 atom stereocenters. The number of rotatable bonds is 4. The van der Waals surface area contributed by atoms with Gasteiger partial charge in [-0.3, -0.25) is 19.3 Å². The predicted molar refractivity (Wildman–Crippen MR) is 148 cm³/mol. The summed E-state index contributed by atoms with van der Waals surface area (Å²) in [6.07, 6.45) is -1.81.